The second kappa shape index (κ2) is 8.74. The van der Waals surface area contributed by atoms with E-state index in [1.807, 2.05) is 6.92 Å². The maximum absolute atomic E-state index is 11.5. The van der Waals surface area contributed by atoms with Crippen LogP contribution < -0.4 is 5.32 Å². The van der Waals surface area contributed by atoms with Crippen molar-refractivity contribution < 1.29 is 4.79 Å². The van der Waals surface area contributed by atoms with Crippen molar-refractivity contribution in [3.8, 4) is 0 Å². The van der Waals surface area contributed by atoms with Crippen molar-refractivity contribution >= 4 is 5.91 Å². The molecular weight excluding hydrogens is 272 g/mol. The second-order valence-corrected chi connectivity index (χ2v) is 6.27. The van der Waals surface area contributed by atoms with Crippen molar-refractivity contribution in [2.45, 2.75) is 38.5 Å². The highest BCUT2D eigenvalue weighted by molar-refractivity contribution is 5.77. The number of aryl methyl sites for hydroxylation is 1. The Morgan fingerprint density at radius 3 is 2.32 bits per heavy atom. The summed E-state index contributed by atoms with van der Waals surface area (Å²) in [7, 11) is 3.58. The van der Waals surface area contributed by atoms with Crippen molar-refractivity contribution in [2.75, 3.05) is 27.2 Å². The SMILES string of the molecule is C=CC.Cc1ccc(C2(CCNCC(=O)N(C)C)CC2)cc1. The van der Waals surface area contributed by atoms with Crippen molar-refractivity contribution in [1.82, 2.24) is 10.2 Å². The van der Waals surface area contributed by atoms with E-state index in [4.69, 9.17) is 0 Å². The molecule has 0 radical (unpaired) electrons. The highest BCUT2D eigenvalue weighted by Gasteiger charge is 2.43. The van der Waals surface area contributed by atoms with Gasteiger partial charge in [-0.25, -0.2) is 0 Å². The normalized spacial score (nSPS) is 14.5. The Labute approximate surface area is 135 Å². The molecular formula is C19H30N2O. The van der Waals surface area contributed by atoms with Gasteiger partial charge in [0.1, 0.15) is 0 Å². The van der Waals surface area contributed by atoms with Gasteiger partial charge in [0.05, 0.1) is 6.54 Å². The fourth-order valence-corrected chi connectivity index (χ4v) is 2.42. The Bertz CT molecular complexity index is 473. The molecule has 1 N–H and O–H groups in total. The first kappa shape index (κ1) is 18.4. The Kier molecular flexibility index (Phi) is 7.33. The molecule has 122 valence electrons. The third kappa shape index (κ3) is 5.64. The van der Waals surface area contributed by atoms with Crippen LogP contribution in [0.4, 0.5) is 0 Å². The molecule has 1 aliphatic carbocycles. The first-order chi connectivity index (χ1) is 10.4. The van der Waals surface area contributed by atoms with E-state index < -0.39 is 0 Å². The number of carbonyl (C=O) groups excluding carboxylic acids is 1. The number of nitrogens with zero attached hydrogens (tertiary/aromatic N) is 1. The number of carbonyl (C=O) groups is 1. The van der Waals surface area contributed by atoms with Gasteiger partial charge >= 0.3 is 0 Å². The standard InChI is InChI=1S/C16H24N2O.C3H6/c1-13-4-6-14(7-5-13)16(8-9-16)10-11-17-12-15(19)18(2)3;1-3-2/h4-7,17H,8-12H2,1-3H3;3H,1H2,2H3. The first-order valence-corrected chi connectivity index (χ1v) is 8.00. The van der Waals surface area contributed by atoms with Crippen LogP contribution in [-0.2, 0) is 10.2 Å². The predicted octanol–water partition coefficient (Wildman–Crippen LogP) is 3.29. The van der Waals surface area contributed by atoms with Crippen LogP contribution in [0, 0.1) is 6.92 Å². The van der Waals surface area contributed by atoms with E-state index in [1.165, 1.54) is 24.0 Å². The van der Waals surface area contributed by atoms with Gasteiger partial charge in [-0.2, -0.15) is 0 Å². The number of amides is 1. The molecule has 3 heteroatoms. The number of nitrogens with one attached hydrogen (secondary N) is 1. The molecule has 3 nitrogen and oxygen atoms in total. The molecule has 1 aliphatic rings. The van der Waals surface area contributed by atoms with Gasteiger partial charge in [-0.05, 0) is 50.6 Å². The number of rotatable bonds is 6. The van der Waals surface area contributed by atoms with Crippen LogP contribution in [0.15, 0.2) is 36.9 Å². The third-order valence-corrected chi connectivity index (χ3v) is 4.07. The average Bonchev–Trinajstić information content (AvgIpc) is 3.26. The van der Waals surface area contributed by atoms with Gasteiger partial charge in [-0.3, -0.25) is 4.79 Å². The van der Waals surface area contributed by atoms with Gasteiger partial charge < -0.3 is 10.2 Å². The largest absolute Gasteiger partial charge is 0.348 e. The predicted molar refractivity (Wildman–Crippen MR) is 94.1 cm³/mol. The summed E-state index contributed by atoms with van der Waals surface area (Å²) in [6.07, 6.45) is 5.43. The molecule has 0 spiro atoms. The Hall–Kier alpha value is -1.61. The van der Waals surface area contributed by atoms with Crippen LogP contribution in [0.3, 0.4) is 0 Å². The highest BCUT2D eigenvalue weighted by Crippen LogP contribution is 2.50. The lowest BCUT2D eigenvalue weighted by atomic mass is 9.92. The van der Waals surface area contributed by atoms with E-state index in [2.05, 4.69) is 43.1 Å². The third-order valence-electron chi connectivity index (χ3n) is 4.07. The van der Waals surface area contributed by atoms with Gasteiger partial charge in [-0.1, -0.05) is 35.9 Å². The molecule has 1 aromatic rings. The van der Waals surface area contributed by atoms with Gasteiger partial charge in [-0.15, -0.1) is 6.58 Å². The van der Waals surface area contributed by atoms with Gasteiger partial charge in [0.25, 0.3) is 0 Å². The molecule has 0 atom stereocenters. The first-order valence-electron chi connectivity index (χ1n) is 8.00. The Balaban J connectivity index is 0.000000745. The second-order valence-electron chi connectivity index (χ2n) is 6.27. The number of likely N-dealkylation sites (N-methyl/N-ethyl adjacent to an activating group) is 1. The molecule has 0 bridgehead atoms. The number of hydrogen-bond donors (Lipinski definition) is 1. The van der Waals surface area contributed by atoms with Gasteiger partial charge in [0.15, 0.2) is 0 Å². The molecule has 0 aliphatic heterocycles. The minimum Gasteiger partial charge on any atom is -0.348 e. The Morgan fingerprint density at radius 2 is 1.86 bits per heavy atom. The molecule has 22 heavy (non-hydrogen) atoms. The molecule has 0 unspecified atom stereocenters. The molecule has 2 rings (SSSR count). The highest BCUT2D eigenvalue weighted by atomic mass is 16.2. The van der Waals surface area contributed by atoms with Crippen LogP contribution in [0.25, 0.3) is 0 Å². The number of benzene rings is 1. The molecule has 1 saturated carbocycles. The summed E-state index contributed by atoms with van der Waals surface area (Å²) in [5.74, 6) is 0.139. The van der Waals surface area contributed by atoms with Crippen molar-refractivity contribution in [3.05, 3.63) is 48.0 Å². The zero-order valence-electron chi connectivity index (χ0n) is 14.5. The van der Waals surface area contributed by atoms with Crippen molar-refractivity contribution in [2.24, 2.45) is 0 Å². The average molecular weight is 302 g/mol. The minimum atomic E-state index is 0.139. The maximum Gasteiger partial charge on any atom is 0.236 e. The quantitative estimate of drug-likeness (QED) is 0.646. The smallest absolute Gasteiger partial charge is 0.236 e. The zero-order chi connectivity index (χ0) is 16.6. The zero-order valence-corrected chi connectivity index (χ0v) is 14.5. The summed E-state index contributed by atoms with van der Waals surface area (Å²) in [5.41, 5.74) is 3.15. The van der Waals surface area contributed by atoms with Crippen LogP contribution >= 0.6 is 0 Å². The van der Waals surface area contributed by atoms with Crippen LogP contribution in [0.5, 0.6) is 0 Å². The molecule has 1 amide bonds. The van der Waals surface area contributed by atoms with E-state index in [0.717, 1.165) is 13.0 Å². The molecule has 1 fully saturated rings. The lowest BCUT2D eigenvalue weighted by Crippen LogP contribution is -2.34. The summed E-state index contributed by atoms with van der Waals surface area (Å²) < 4.78 is 0. The summed E-state index contributed by atoms with van der Waals surface area (Å²) in [4.78, 5) is 13.1. The maximum atomic E-state index is 11.5. The number of allylic oxidation sites excluding steroid dienone is 1. The van der Waals surface area contributed by atoms with E-state index in [9.17, 15) is 4.79 Å². The number of hydrogen-bond acceptors (Lipinski definition) is 2. The van der Waals surface area contributed by atoms with E-state index in [-0.39, 0.29) is 5.91 Å². The van der Waals surface area contributed by atoms with E-state index >= 15 is 0 Å². The lowest BCUT2D eigenvalue weighted by Gasteiger charge is -2.17. The van der Waals surface area contributed by atoms with Gasteiger partial charge in [0.2, 0.25) is 5.91 Å². The summed E-state index contributed by atoms with van der Waals surface area (Å²) in [5, 5.41) is 3.25. The van der Waals surface area contributed by atoms with Crippen LogP contribution in [0.2, 0.25) is 0 Å². The fraction of sp³-hybridized carbons (Fsp3) is 0.526. The monoisotopic (exact) mass is 302 g/mol. The molecule has 0 aromatic heterocycles. The van der Waals surface area contributed by atoms with Gasteiger partial charge in [0, 0.05) is 14.1 Å². The van der Waals surface area contributed by atoms with Crippen LogP contribution in [-0.4, -0.2) is 38.0 Å². The lowest BCUT2D eigenvalue weighted by molar-refractivity contribution is -0.127. The minimum absolute atomic E-state index is 0.139. The molecule has 0 saturated heterocycles. The Morgan fingerprint density at radius 1 is 1.32 bits per heavy atom. The summed E-state index contributed by atoms with van der Waals surface area (Å²) in [6, 6.07) is 8.90. The fourth-order valence-electron chi connectivity index (χ4n) is 2.42. The summed E-state index contributed by atoms with van der Waals surface area (Å²) in [6.45, 7) is 8.72. The van der Waals surface area contributed by atoms with E-state index in [0.29, 0.717) is 12.0 Å². The molecule has 1 aromatic carbocycles. The summed E-state index contributed by atoms with van der Waals surface area (Å²) >= 11 is 0. The van der Waals surface area contributed by atoms with Crippen molar-refractivity contribution in [1.29, 1.82) is 0 Å². The van der Waals surface area contributed by atoms with Crippen LogP contribution in [0.1, 0.15) is 37.3 Å². The van der Waals surface area contributed by atoms with Crippen molar-refractivity contribution in [3.63, 3.8) is 0 Å². The molecule has 0 heterocycles. The topological polar surface area (TPSA) is 32.3 Å². The van der Waals surface area contributed by atoms with E-state index in [1.54, 1.807) is 25.1 Å².